The molecular weight excluding hydrogens is 312 g/mol. The second-order valence-corrected chi connectivity index (χ2v) is 6.09. The van der Waals surface area contributed by atoms with Crippen molar-refractivity contribution in [1.29, 1.82) is 0 Å². The Labute approximate surface area is 144 Å². The fourth-order valence-electron chi connectivity index (χ4n) is 2.35. The smallest absolute Gasteiger partial charge is 0.322 e. The Hall–Kier alpha value is -1.63. The van der Waals surface area contributed by atoms with Gasteiger partial charge in [0.25, 0.3) is 0 Å². The highest BCUT2D eigenvalue weighted by molar-refractivity contribution is 5.78. The third-order valence-corrected chi connectivity index (χ3v) is 3.84. The number of amides is 1. The van der Waals surface area contributed by atoms with Crippen LogP contribution in [-0.2, 0) is 14.4 Å². The number of unbranched alkanes of at least 4 members (excludes halogenated alkanes) is 8. The number of nitrogens with one attached hydrogen (secondary N) is 2. The molecule has 1 atom stereocenters. The molecule has 0 radical (unpaired) electrons. The van der Waals surface area contributed by atoms with E-state index >= 15 is 0 Å². The number of carbonyl (C=O) groups excluding carboxylic acids is 1. The molecule has 7 nitrogen and oxygen atoms in total. The predicted octanol–water partition coefficient (Wildman–Crippen LogP) is 2.85. The van der Waals surface area contributed by atoms with E-state index in [9.17, 15) is 14.4 Å². The highest BCUT2D eigenvalue weighted by Gasteiger charge is 2.18. The van der Waals surface area contributed by atoms with E-state index in [1.807, 2.05) is 0 Å². The second-order valence-electron chi connectivity index (χ2n) is 6.09. The Morgan fingerprint density at radius 1 is 0.833 bits per heavy atom. The van der Waals surface area contributed by atoms with E-state index in [1.54, 1.807) is 0 Å². The van der Waals surface area contributed by atoms with Crippen LogP contribution in [0, 0.1) is 0 Å². The van der Waals surface area contributed by atoms with Crippen molar-refractivity contribution >= 4 is 17.8 Å². The molecule has 0 saturated carbocycles. The van der Waals surface area contributed by atoms with Crippen LogP contribution in [0.4, 0.5) is 0 Å². The van der Waals surface area contributed by atoms with Gasteiger partial charge in [-0.2, -0.15) is 0 Å². The molecule has 0 bridgehead atoms. The summed E-state index contributed by atoms with van der Waals surface area (Å²) in [5, 5.41) is 17.5. The largest absolute Gasteiger partial charge is 0.481 e. The number of hydrogen-bond donors (Lipinski definition) is 4. The molecule has 0 rings (SSSR count). The van der Waals surface area contributed by atoms with Gasteiger partial charge in [-0.1, -0.05) is 58.3 Å². The summed E-state index contributed by atoms with van der Waals surface area (Å²) in [7, 11) is 0. The standard InChI is InChI=1S/C17H32N2O5/c1-2-3-4-5-6-7-8-9-10-11-15(20)19-18-14(17(23)24)12-13-16(21)22/h14,18H,2-13H2,1H3,(H,19,20)(H,21,22)(H,23,24). The maximum atomic E-state index is 11.6. The lowest BCUT2D eigenvalue weighted by molar-refractivity contribution is -0.141. The van der Waals surface area contributed by atoms with Crippen LogP contribution in [0.15, 0.2) is 0 Å². The average molecular weight is 344 g/mol. The fraction of sp³-hybridized carbons (Fsp3) is 0.824. The molecule has 4 N–H and O–H groups in total. The first kappa shape index (κ1) is 22.4. The summed E-state index contributed by atoms with van der Waals surface area (Å²) in [5.74, 6) is -2.51. The SMILES string of the molecule is CCCCCCCCCCCC(=O)NNC(CCC(=O)O)C(=O)O. The molecular formula is C17H32N2O5. The molecule has 0 aromatic rings. The number of carbonyl (C=O) groups is 3. The van der Waals surface area contributed by atoms with E-state index in [4.69, 9.17) is 10.2 Å². The van der Waals surface area contributed by atoms with Crippen molar-refractivity contribution in [1.82, 2.24) is 10.9 Å². The summed E-state index contributed by atoms with van der Waals surface area (Å²) < 4.78 is 0. The summed E-state index contributed by atoms with van der Waals surface area (Å²) in [6, 6.07) is -1.09. The van der Waals surface area contributed by atoms with Crippen molar-refractivity contribution in [3.05, 3.63) is 0 Å². The Kier molecular flexibility index (Phi) is 13.9. The van der Waals surface area contributed by atoms with Crippen molar-refractivity contribution in [2.24, 2.45) is 0 Å². The number of hydrazine groups is 1. The number of hydrogen-bond acceptors (Lipinski definition) is 4. The molecule has 0 aliphatic rings. The van der Waals surface area contributed by atoms with Gasteiger partial charge in [-0.15, -0.1) is 0 Å². The number of carboxylic acid groups (broad SMARTS) is 2. The zero-order valence-corrected chi connectivity index (χ0v) is 14.7. The van der Waals surface area contributed by atoms with Gasteiger partial charge in [0.1, 0.15) is 6.04 Å². The fourth-order valence-corrected chi connectivity index (χ4v) is 2.35. The second kappa shape index (κ2) is 14.9. The van der Waals surface area contributed by atoms with Gasteiger partial charge in [0.2, 0.25) is 5.91 Å². The van der Waals surface area contributed by atoms with Gasteiger partial charge in [0.15, 0.2) is 0 Å². The molecule has 0 aromatic heterocycles. The third-order valence-electron chi connectivity index (χ3n) is 3.84. The first-order valence-corrected chi connectivity index (χ1v) is 8.96. The molecule has 24 heavy (non-hydrogen) atoms. The summed E-state index contributed by atoms with van der Waals surface area (Å²) in [6.07, 6.45) is 10.5. The Morgan fingerprint density at radius 2 is 1.38 bits per heavy atom. The molecule has 1 unspecified atom stereocenters. The van der Waals surface area contributed by atoms with Crippen molar-refractivity contribution in [2.75, 3.05) is 0 Å². The molecule has 0 spiro atoms. The average Bonchev–Trinajstić information content (AvgIpc) is 2.52. The van der Waals surface area contributed by atoms with Crippen molar-refractivity contribution in [3.8, 4) is 0 Å². The summed E-state index contributed by atoms with van der Waals surface area (Å²) in [5.41, 5.74) is 4.74. The number of carboxylic acids is 2. The highest BCUT2D eigenvalue weighted by atomic mass is 16.4. The molecule has 0 heterocycles. The van der Waals surface area contributed by atoms with Crippen LogP contribution in [0.2, 0.25) is 0 Å². The van der Waals surface area contributed by atoms with Gasteiger partial charge in [0.05, 0.1) is 0 Å². The van der Waals surface area contributed by atoms with E-state index in [1.165, 1.54) is 38.5 Å². The van der Waals surface area contributed by atoms with Gasteiger partial charge in [-0.3, -0.25) is 19.8 Å². The quantitative estimate of drug-likeness (QED) is 0.253. The Bertz CT molecular complexity index is 374. The molecule has 0 aliphatic carbocycles. The van der Waals surface area contributed by atoms with E-state index in [2.05, 4.69) is 17.8 Å². The minimum atomic E-state index is -1.18. The van der Waals surface area contributed by atoms with Crippen molar-refractivity contribution in [3.63, 3.8) is 0 Å². The minimum Gasteiger partial charge on any atom is -0.481 e. The van der Waals surface area contributed by atoms with Gasteiger partial charge in [-0.25, -0.2) is 5.43 Å². The van der Waals surface area contributed by atoms with Crippen LogP contribution >= 0.6 is 0 Å². The lowest BCUT2D eigenvalue weighted by Gasteiger charge is -2.14. The molecule has 0 fully saturated rings. The molecule has 140 valence electrons. The van der Waals surface area contributed by atoms with Crippen molar-refractivity contribution < 1.29 is 24.6 Å². The summed E-state index contributed by atoms with van der Waals surface area (Å²) in [6.45, 7) is 2.20. The monoisotopic (exact) mass is 344 g/mol. The number of aliphatic carboxylic acids is 2. The van der Waals surface area contributed by atoms with E-state index in [-0.39, 0.29) is 18.7 Å². The Morgan fingerprint density at radius 3 is 1.88 bits per heavy atom. The van der Waals surface area contributed by atoms with Crippen molar-refractivity contribution in [2.45, 2.75) is 90.0 Å². The van der Waals surface area contributed by atoms with Crippen LogP contribution in [0.3, 0.4) is 0 Å². The molecule has 7 heteroatoms. The first-order chi connectivity index (χ1) is 11.5. The van der Waals surface area contributed by atoms with Gasteiger partial charge in [-0.05, 0) is 12.8 Å². The molecule has 0 saturated heterocycles. The van der Waals surface area contributed by atoms with Crippen LogP contribution in [-0.4, -0.2) is 34.1 Å². The zero-order valence-electron chi connectivity index (χ0n) is 14.7. The van der Waals surface area contributed by atoms with Crippen LogP contribution in [0.1, 0.15) is 84.0 Å². The molecule has 0 aliphatic heterocycles. The van der Waals surface area contributed by atoms with Crippen LogP contribution in [0.25, 0.3) is 0 Å². The topological polar surface area (TPSA) is 116 Å². The lowest BCUT2D eigenvalue weighted by Crippen LogP contribution is -2.48. The van der Waals surface area contributed by atoms with E-state index in [0.717, 1.165) is 19.3 Å². The first-order valence-electron chi connectivity index (χ1n) is 8.96. The summed E-state index contributed by atoms with van der Waals surface area (Å²) in [4.78, 5) is 33.0. The lowest BCUT2D eigenvalue weighted by atomic mass is 10.1. The normalized spacial score (nSPS) is 11.9. The van der Waals surface area contributed by atoms with Gasteiger partial charge < -0.3 is 10.2 Å². The Balaban J connectivity index is 3.63. The third kappa shape index (κ3) is 14.0. The predicted molar refractivity (Wildman–Crippen MR) is 91.4 cm³/mol. The van der Waals surface area contributed by atoms with Gasteiger partial charge in [0, 0.05) is 12.8 Å². The zero-order chi connectivity index (χ0) is 18.2. The van der Waals surface area contributed by atoms with E-state index < -0.39 is 18.0 Å². The number of rotatable bonds is 16. The highest BCUT2D eigenvalue weighted by Crippen LogP contribution is 2.10. The van der Waals surface area contributed by atoms with Crippen LogP contribution in [0.5, 0.6) is 0 Å². The summed E-state index contributed by atoms with van der Waals surface area (Å²) >= 11 is 0. The van der Waals surface area contributed by atoms with E-state index in [0.29, 0.717) is 6.42 Å². The molecule has 0 aromatic carbocycles. The van der Waals surface area contributed by atoms with Crippen LogP contribution < -0.4 is 10.9 Å². The maximum Gasteiger partial charge on any atom is 0.322 e. The molecule has 1 amide bonds. The maximum absolute atomic E-state index is 11.6. The van der Waals surface area contributed by atoms with Gasteiger partial charge >= 0.3 is 11.9 Å². The minimum absolute atomic E-state index is 0.0804.